The van der Waals surface area contributed by atoms with E-state index in [0.29, 0.717) is 47.1 Å². The Morgan fingerprint density at radius 1 is 1.06 bits per heavy atom. The Hall–Kier alpha value is -2.40. The molecule has 7 nitrogen and oxygen atoms in total. The molecule has 1 saturated heterocycles. The van der Waals surface area contributed by atoms with Gasteiger partial charge in [0, 0.05) is 31.7 Å². The third-order valence-corrected chi connectivity index (χ3v) is 9.11. The number of thiazole rings is 1. The summed E-state index contributed by atoms with van der Waals surface area (Å²) in [6.45, 7) is 7.96. The smallest absolute Gasteiger partial charge is 0.260 e. The number of amides is 1. The normalized spacial score (nSPS) is 14.8. The summed E-state index contributed by atoms with van der Waals surface area (Å²) in [6.07, 6.45) is 1.73. The van der Waals surface area contributed by atoms with Gasteiger partial charge in [0.1, 0.15) is 5.82 Å². The number of anilines is 1. The Morgan fingerprint density at radius 2 is 1.74 bits per heavy atom. The Kier molecular flexibility index (Phi) is 7.61. The quantitative estimate of drug-likeness (QED) is 0.437. The molecule has 182 valence electrons. The number of benzene rings is 2. The van der Waals surface area contributed by atoms with E-state index in [1.165, 1.54) is 39.9 Å². The number of rotatable bonds is 9. The lowest BCUT2D eigenvalue weighted by Gasteiger charge is -2.25. The number of carbonyl (C=O) groups is 1. The number of hydrogen-bond donors (Lipinski definition) is 0. The first-order chi connectivity index (χ1) is 16.3. The minimum absolute atomic E-state index is 0.191. The summed E-state index contributed by atoms with van der Waals surface area (Å²) in [4.78, 5) is 22.1. The summed E-state index contributed by atoms with van der Waals surface area (Å²) >= 11 is 1.27. The molecule has 1 aliphatic heterocycles. The average molecular weight is 505 g/mol. The largest absolute Gasteiger partial charge is 0.302 e. The van der Waals surface area contributed by atoms with E-state index in [2.05, 4.69) is 23.7 Å². The molecule has 0 spiro atoms. The number of sulfonamides is 1. The number of aromatic nitrogens is 1. The van der Waals surface area contributed by atoms with Crippen LogP contribution in [-0.2, 0) is 10.0 Å². The molecule has 10 heteroatoms. The van der Waals surface area contributed by atoms with E-state index in [1.54, 1.807) is 23.1 Å². The second-order valence-electron chi connectivity index (χ2n) is 8.23. The lowest BCUT2D eigenvalue weighted by atomic mass is 10.2. The summed E-state index contributed by atoms with van der Waals surface area (Å²) < 4.78 is 41.5. The van der Waals surface area contributed by atoms with Gasteiger partial charge in [0.15, 0.2) is 5.13 Å². The molecule has 1 aliphatic rings. The van der Waals surface area contributed by atoms with Crippen LogP contribution in [-0.4, -0.2) is 67.8 Å². The van der Waals surface area contributed by atoms with Crippen molar-refractivity contribution in [2.45, 2.75) is 31.6 Å². The molecule has 0 saturated carbocycles. The van der Waals surface area contributed by atoms with Gasteiger partial charge in [-0.2, -0.15) is 4.31 Å². The monoisotopic (exact) mass is 504 g/mol. The highest BCUT2D eigenvalue weighted by Crippen LogP contribution is 2.30. The second kappa shape index (κ2) is 10.5. The lowest BCUT2D eigenvalue weighted by molar-refractivity contribution is 0.0983. The van der Waals surface area contributed by atoms with E-state index in [4.69, 9.17) is 0 Å². The zero-order valence-electron chi connectivity index (χ0n) is 19.4. The first-order valence-electron chi connectivity index (χ1n) is 11.5. The SMILES string of the molecule is CCN(CC)CCN(C(=O)c1ccc(S(=O)(=O)N2CCCC2)cc1)c1nc2ccc(F)cc2s1. The predicted octanol–water partition coefficient (Wildman–Crippen LogP) is 4.21. The van der Waals surface area contributed by atoms with Gasteiger partial charge in [-0.1, -0.05) is 25.2 Å². The van der Waals surface area contributed by atoms with Crippen molar-refractivity contribution in [3.05, 3.63) is 53.8 Å². The van der Waals surface area contributed by atoms with Crippen LogP contribution in [0.1, 0.15) is 37.0 Å². The molecule has 2 heterocycles. The zero-order valence-corrected chi connectivity index (χ0v) is 21.0. The number of likely N-dealkylation sites (N-methyl/N-ethyl adjacent to an activating group) is 1. The minimum Gasteiger partial charge on any atom is -0.302 e. The van der Waals surface area contributed by atoms with Crippen molar-refractivity contribution in [2.24, 2.45) is 0 Å². The molecule has 4 rings (SSSR count). The number of hydrogen-bond acceptors (Lipinski definition) is 6. The number of nitrogens with zero attached hydrogens (tertiary/aromatic N) is 4. The highest BCUT2D eigenvalue weighted by Gasteiger charge is 2.28. The van der Waals surface area contributed by atoms with E-state index in [9.17, 15) is 17.6 Å². The Bertz CT molecular complexity index is 1250. The Labute approximate surface area is 203 Å². The number of carbonyl (C=O) groups excluding carboxylic acids is 1. The third-order valence-electron chi connectivity index (χ3n) is 6.15. The minimum atomic E-state index is -3.55. The van der Waals surface area contributed by atoms with Gasteiger partial charge in [-0.15, -0.1) is 0 Å². The molecule has 3 aromatic rings. The molecule has 0 radical (unpaired) electrons. The van der Waals surface area contributed by atoms with Crippen molar-refractivity contribution in [2.75, 3.05) is 44.2 Å². The van der Waals surface area contributed by atoms with Crippen LogP contribution >= 0.6 is 11.3 Å². The summed E-state index contributed by atoms with van der Waals surface area (Å²) in [6, 6.07) is 10.5. The third kappa shape index (κ3) is 5.14. The van der Waals surface area contributed by atoms with E-state index in [0.717, 1.165) is 25.9 Å². The lowest BCUT2D eigenvalue weighted by Crippen LogP contribution is -2.38. The molecular weight excluding hydrogens is 475 g/mol. The van der Waals surface area contributed by atoms with Gasteiger partial charge in [-0.25, -0.2) is 17.8 Å². The van der Waals surface area contributed by atoms with Gasteiger partial charge in [0.05, 0.1) is 15.1 Å². The fraction of sp³-hybridized carbons (Fsp3) is 0.417. The molecule has 1 amide bonds. The standard InChI is InChI=1S/C24H29FN4O3S2/c1-3-27(4-2)15-16-29(24-26-21-12-9-19(25)17-22(21)33-24)23(30)18-7-10-20(11-8-18)34(31,32)28-13-5-6-14-28/h7-12,17H,3-6,13-16H2,1-2H3. The summed E-state index contributed by atoms with van der Waals surface area (Å²) in [5.41, 5.74) is 1.01. The summed E-state index contributed by atoms with van der Waals surface area (Å²) in [5, 5.41) is 0.492. The zero-order chi connectivity index (χ0) is 24.3. The average Bonchev–Trinajstić information content (AvgIpc) is 3.52. The van der Waals surface area contributed by atoms with Crippen LogP contribution in [0.5, 0.6) is 0 Å². The van der Waals surface area contributed by atoms with Gasteiger partial charge in [-0.05, 0) is 68.4 Å². The highest BCUT2D eigenvalue weighted by molar-refractivity contribution is 7.89. The Balaban J connectivity index is 1.62. The first kappa shape index (κ1) is 24.7. The number of halogens is 1. The van der Waals surface area contributed by atoms with Crippen LogP contribution in [0.2, 0.25) is 0 Å². The summed E-state index contributed by atoms with van der Waals surface area (Å²) in [7, 11) is -3.55. The van der Waals surface area contributed by atoms with Gasteiger partial charge < -0.3 is 4.90 Å². The molecule has 0 atom stereocenters. The van der Waals surface area contributed by atoms with Crippen LogP contribution in [0.15, 0.2) is 47.4 Å². The van der Waals surface area contributed by atoms with Crippen molar-refractivity contribution in [1.29, 1.82) is 0 Å². The van der Waals surface area contributed by atoms with Crippen LogP contribution < -0.4 is 4.90 Å². The maximum Gasteiger partial charge on any atom is 0.260 e. The van der Waals surface area contributed by atoms with Gasteiger partial charge in [0.2, 0.25) is 10.0 Å². The fourth-order valence-electron chi connectivity index (χ4n) is 4.07. The van der Waals surface area contributed by atoms with E-state index < -0.39 is 10.0 Å². The predicted molar refractivity (Wildman–Crippen MR) is 133 cm³/mol. The maximum atomic E-state index is 13.7. The topological polar surface area (TPSA) is 73.8 Å². The van der Waals surface area contributed by atoms with E-state index in [-0.39, 0.29) is 16.6 Å². The van der Waals surface area contributed by atoms with Crippen LogP contribution in [0.4, 0.5) is 9.52 Å². The summed E-state index contributed by atoms with van der Waals surface area (Å²) in [5.74, 6) is -0.615. The second-order valence-corrected chi connectivity index (χ2v) is 11.2. The van der Waals surface area contributed by atoms with Crippen molar-refractivity contribution in [1.82, 2.24) is 14.2 Å². The molecule has 0 unspecified atom stereocenters. The van der Waals surface area contributed by atoms with Gasteiger partial charge >= 0.3 is 0 Å². The fourth-order valence-corrected chi connectivity index (χ4v) is 6.60. The molecule has 0 N–H and O–H groups in total. The van der Waals surface area contributed by atoms with Crippen molar-refractivity contribution in [3.8, 4) is 0 Å². The van der Waals surface area contributed by atoms with Crippen molar-refractivity contribution >= 4 is 42.6 Å². The molecule has 34 heavy (non-hydrogen) atoms. The Morgan fingerprint density at radius 3 is 2.38 bits per heavy atom. The highest BCUT2D eigenvalue weighted by atomic mass is 32.2. The maximum absolute atomic E-state index is 13.7. The van der Waals surface area contributed by atoms with Crippen LogP contribution in [0.25, 0.3) is 10.2 Å². The molecule has 2 aromatic carbocycles. The first-order valence-corrected chi connectivity index (χ1v) is 13.8. The van der Waals surface area contributed by atoms with E-state index in [1.807, 2.05) is 0 Å². The van der Waals surface area contributed by atoms with Crippen molar-refractivity contribution in [3.63, 3.8) is 0 Å². The van der Waals surface area contributed by atoms with E-state index >= 15 is 0 Å². The molecular formula is C24H29FN4O3S2. The molecule has 0 bridgehead atoms. The molecule has 0 aliphatic carbocycles. The van der Waals surface area contributed by atoms with Crippen molar-refractivity contribution < 1.29 is 17.6 Å². The van der Waals surface area contributed by atoms with Gasteiger partial charge in [-0.3, -0.25) is 9.69 Å². The number of fused-ring (bicyclic) bond motifs is 1. The molecule has 1 aromatic heterocycles. The van der Waals surface area contributed by atoms with Crippen LogP contribution in [0, 0.1) is 5.82 Å². The van der Waals surface area contributed by atoms with Gasteiger partial charge in [0.25, 0.3) is 5.91 Å². The van der Waals surface area contributed by atoms with Crippen LogP contribution in [0.3, 0.4) is 0 Å². The molecule has 1 fully saturated rings.